The van der Waals surface area contributed by atoms with Gasteiger partial charge in [-0.1, -0.05) is 134 Å². The van der Waals surface area contributed by atoms with Gasteiger partial charge in [-0.25, -0.2) is 38.7 Å². The average Bonchev–Trinajstić information content (AvgIpc) is 1.58. The monoisotopic (exact) mass is 1600 g/mol. The highest BCUT2D eigenvalue weighted by atomic mass is 79.9. The number of thiazole rings is 2. The fourth-order valence-electron chi connectivity index (χ4n) is 12.6. The number of alkyl carbamates (subject to hydrolysis) is 3. The van der Waals surface area contributed by atoms with Gasteiger partial charge in [0.05, 0.1) is 63.4 Å². The zero-order chi connectivity index (χ0) is 76.7. The number of ketones is 4. The Bertz CT molecular complexity index is 4220. The first-order valence-corrected chi connectivity index (χ1v) is 37.5. The lowest BCUT2D eigenvalue weighted by Crippen LogP contribution is -2.58. The maximum Gasteiger partial charge on any atom is 0.407 e. The van der Waals surface area contributed by atoms with Crippen molar-refractivity contribution < 1.29 is 91.1 Å². The number of fused-ring (bicyclic) bond motifs is 2. The Morgan fingerprint density at radius 2 is 0.798 bits per heavy atom. The summed E-state index contributed by atoms with van der Waals surface area (Å²) in [6, 6.07) is 18.5. The summed E-state index contributed by atoms with van der Waals surface area (Å²) in [5, 5.41) is 17.5. The van der Waals surface area contributed by atoms with Crippen molar-refractivity contribution in [3.63, 3.8) is 0 Å². The number of alkyl halides is 2. The standard InChI is InChI=1S/C43H53N5O12S.C17H11Br2NO2S.C13H22N2O5/c1-24(2)32(45-40(55)57-7)36(51)47-19-9-17-42(47,5)38(53)59-21-30(49)27-13-11-26(12-14-27)28-15-16-29(35-34(28)44-23-61-35)31(50)22-60-39(54)43(6)18-10-20-48(43)37(52)33(25(3)4)46-41(56)58-8;18-7-14(21)11-3-1-10(2-4-11)12-5-6-13(15(22)8-19)17-16(12)20-9-23-17;1-8(2)9(14-12(19)20-4)10(16)15-7-5-6-13(15,3)11(17)18/h11-16,23-25,32-33H,9-10,17-22H2,1-8H3,(H,45,55)(H,46,56);1-6,9H,7-8H2;8-9H,5-7H2,1-4H3,(H,14,19)(H,17,18)/t32-,33-,42-,43-;;9-,13-/m0.0/s1. The molecule has 0 unspecified atom stereocenters. The normalized spacial score (nSPS) is 18.5. The van der Waals surface area contributed by atoms with Gasteiger partial charge >= 0.3 is 36.2 Å². The number of aliphatic carboxylic acids is 1. The SMILES string of the molecule is COC(=O)N[C@H](C(=O)N1CCC[C@@]1(C)C(=O)O)C(C)C.COC(=O)N[C@H](C(=O)N1CCC[C@@]1(C)C(=O)OCC(=O)c1ccc(-c2ccc(C(=O)COC(=O)[C@]3(C)CCCN3C(=O)[C@@H](NC(=O)OC)C(C)C)c3scnc23)cc1)C(C)C.O=C(CBr)c1ccc(-c2ccc(C(=O)CBr)c3scnc23)cc1. The first-order valence-electron chi connectivity index (χ1n) is 33.5. The van der Waals surface area contributed by atoms with Crippen LogP contribution in [0.15, 0.2) is 83.8 Å². The molecule has 0 bridgehead atoms. The van der Waals surface area contributed by atoms with E-state index in [4.69, 9.17) is 9.47 Å². The summed E-state index contributed by atoms with van der Waals surface area (Å²) in [5.74, 6) is -5.34. The molecule has 9 rings (SSSR count). The van der Waals surface area contributed by atoms with Gasteiger partial charge in [0.1, 0.15) is 34.7 Å². The molecule has 3 aliphatic rings. The lowest BCUT2D eigenvalue weighted by molar-refractivity contribution is -0.160. The molecule has 104 heavy (non-hydrogen) atoms. The van der Waals surface area contributed by atoms with Crippen LogP contribution in [0.2, 0.25) is 0 Å². The van der Waals surface area contributed by atoms with E-state index in [2.05, 4.69) is 72.0 Å². The Balaban J connectivity index is 0.000000283. The van der Waals surface area contributed by atoms with Gasteiger partial charge in [-0.05, 0) is 100 Å². The molecule has 0 radical (unpaired) electrons. The Hall–Kier alpha value is -9.07. The molecule has 2 aromatic heterocycles. The first kappa shape index (κ1) is 82.2. The van der Waals surface area contributed by atoms with Crippen molar-refractivity contribution in [2.24, 2.45) is 17.8 Å². The molecule has 6 aromatic rings. The van der Waals surface area contributed by atoms with E-state index in [-0.39, 0.29) is 53.9 Å². The molecule has 0 saturated carbocycles. The lowest BCUT2D eigenvalue weighted by atomic mass is 9.96. The zero-order valence-electron chi connectivity index (χ0n) is 59.8. The van der Waals surface area contributed by atoms with Crippen LogP contribution < -0.4 is 16.0 Å². The van der Waals surface area contributed by atoms with Crippen LogP contribution in [0, 0.1) is 17.8 Å². The van der Waals surface area contributed by atoms with Crippen molar-refractivity contribution in [2.75, 3.05) is 64.8 Å². The summed E-state index contributed by atoms with van der Waals surface area (Å²) < 4.78 is 26.4. The predicted molar refractivity (Wildman–Crippen MR) is 395 cm³/mol. The number of carboxylic acid groups (broad SMARTS) is 1. The van der Waals surface area contributed by atoms with Crippen molar-refractivity contribution in [2.45, 2.75) is 136 Å². The number of nitrogens with zero attached hydrogens (tertiary/aromatic N) is 5. The minimum absolute atomic E-state index is 0.0454. The van der Waals surface area contributed by atoms with Crippen LogP contribution in [-0.4, -0.2) is 206 Å². The molecule has 6 amide bonds. The highest BCUT2D eigenvalue weighted by Crippen LogP contribution is 2.38. The van der Waals surface area contributed by atoms with E-state index >= 15 is 0 Å². The Labute approximate surface area is 626 Å². The number of hydrogen-bond acceptors (Lipinski definition) is 22. The van der Waals surface area contributed by atoms with Crippen molar-refractivity contribution in [3.05, 3.63) is 106 Å². The topological polar surface area (TPSA) is 360 Å². The number of benzene rings is 4. The Morgan fingerprint density at radius 1 is 0.471 bits per heavy atom. The second-order valence-corrected chi connectivity index (χ2v) is 29.5. The molecule has 3 saturated heterocycles. The van der Waals surface area contributed by atoms with Crippen LogP contribution in [-0.2, 0) is 52.5 Å². The van der Waals surface area contributed by atoms with Crippen LogP contribution in [0.3, 0.4) is 0 Å². The fourth-order valence-corrected chi connectivity index (χ4v) is 14.9. The molecule has 0 aliphatic carbocycles. The predicted octanol–water partition coefficient (Wildman–Crippen LogP) is 10.9. The quantitative estimate of drug-likeness (QED) is 0.0189. The van der Waals surface area contributed by atoms with Gasteiger partial charge in [-0.15, -0.1) is 22.7 Å². The van der Waals surface area contributed by atoms with E-state index < -0.39 is 108 Å². The van der Waals surface area contributed by atoms with Crippen molar-refractivity contribution in [1.29, 1.82) is 0 Å². The number of carbonyl (C=O) groups is 13. The molecule has 27 nitrogen and oxygen atoms in total. The van der Waals surface area contributed by atoms with Crippen LogP contribution in [0.1, 0.15) is 142 Å². The number of ether oxygens (including phenoxy) is 5. The number of carbonyl (C=O) groups excluding carboxylic acids is 12. The molecule has 0 spiro atoms. The van der Waals surface area contributed by atoms with Crippen molar-refractivity contribution in [3.8, 4) is 22.3 Å². The number of aromatic nitrogens is 2. The minimum Gasteiger partial charge on any atom is -0.480 e. The molecule has 3 fully saturated rings. The van der Waals surface area contributed by atoms with Gasteiger partial charge in [0.2, 0.25) is 23.5 Å². The highest BCUT2D eigenvalue weighted by Gasteiger charge is 2.52. The van der Waals surface area contributed by atoms with Gasteiger partial charge in [0.25, 0.3) is 0 Å². The van der Waals surface area contributed by atoms with E-state index in [9.17, 15) is 67.4 Å². The average molecular weight is 1600 g/mol. The van der Waals surface area contributed by atoms with Crippen LogP contribution >= 0.6 is 54.5 Å². The molecular formula is C73H86Br2N8O19S2. The first-order chi connectivity index (χ1) is 49.3. The van der Waals surface area contributed by atoms with Crippen molar-refractivity contribution >= 4 is 152 Å². The van der Waals surface area contributed by atoms with E-state index in [0.717, 1.165) is 21.3 Å². The number of likely N-dealkylation sites (tertiary alicyclic amines) is 3. The Morgan fingerprint density at radius 3 is 1.13 bits per heavy atom. The summed E-state index contributed by atoms with van der Waals surface area (Å²) in [4.78, 5) is 177. The molecule has 4 aromatic carbocycles. The Kier molecular flexibility index (Phi) is 28.5. The molecular weight excluding hydrogens is 1520 g/mol. The third-order valence-electron chi connectivity index (χ3n) is 18.8. The lowest BCUT2D eigenvalue weighted by Gasteiger charge is -2.36. The van der Waals surface area contributed by atoms with Gasteiger partial charge in [0.15, 0.2) is 30.6 Å². The summed E-state index contributed by atoms with van der Waals surface area (Å²) >= 11 is 9.10. The van der Waals surface area contributed by atoms with E-state index in [1.807, 2.05) is 36.4 Å². The molecule has 4 N–H and O–H groups in total. The number of esters is 2. The van der Waals surface area contributed by atoms with Gasteiger partial charge in [-0.3, -0.25) is 33.6 Å². The minimum atomic E-state index is -1.35. The molecule has 5 heterocycles. The maximum atomic E-state index is 13.6. The zero-order valence-corrected chi connectivity index (χ0v) is 64.6. The van der Waals surface area contributed by atoms with E-state index in [1.165, 1.54) is 65.6 Å². The summed E-state index contributed by atoms with van der Waals surface area (Å²) in [6.07, 6.45) is 0.516. The summed E-state index contributed by atoms with van der Waals surface area (Å²) in [7, 11) is 3.61. The molecule has 3 aliphatic heterocycles. The number of methoxy groups -OCH3 is 3. The molecule has 31 heteroatoms. The number of halogens is 2. The summed E-state index contributed by atoms with van der Waals surface area (Å²) in [6.45, 7) is 15.2. The molecule has 6 atom stereocenters. The van der Waals surface area contributed by atoms with Gasteiger partial charge in [0, 0.05) is 53.0 Å². The maximum absolute atomic E-state index is 13.6. The third-order valence-corrected chi connectivity index (χ3v) is 21.5. The smallest absolute Gasteiger partial charge is 0.407 e. The van der Waals surface area contributed by atoms with Crippen LogP contribution in [0.25, 0.3) is 42.7 Å². The number of amides is 6. The second-order valence-electron chi connectivity index (χ2n) is 26.6. The van der Waals surface area contributed by atoms with Gasteiger partial charge < -0.3 is 59.4 Å². The highest BCUT2D eigenvalue weighted by molar-refractivity contribution is 9.09. The van der Waals surface area contributed by atoms with E-state index in [0.29, 0.717) is 93.8 Å². The number of rotatable bonds is 24. The number of carboxylic acids is 1. The van der Waals surface area contributed by atoms with Crippen molar-refractivity contribution in [1.82, 2.24) is 40.6 Å². The second kappa shape index (κ2) is 36.1. The third kappa shape index (κ3) is 18.5. The largest absolute Gasteiger partial charge is 0.480 e. The summed E-state index contributed by atoms with van der Waals surface area (Å²) in [5.41, 5.74) is 6.06. The van der Waals surface area contributed by atoms with Gasteiger partial charge in [-0.2, -0.15) is 0 Å². The number of hydrogen-bond donors (Lipinski definition) is 4. The van der Waals surface area contributed by atoms with E-state index in [1.54, 1.807) is 103 Å². The molecule has 558 valence electrons. The number of Topliss-reactive ketones (excluding diaryl/α,β-unsaturated/α-hetero) is 4. The number of nitrogens with one attached hydrogen (secondary N) is 3. The van der Waals surface area contributed by atoms with Crippen LogP contribution in [0.5, 0.6) is 0 Å². The van der Waals surface area contributed by atoms with Crippen LogP contribution in [0.4, 0.5) is 14.4 Å². The fraction of sp³-hybridized carbons (Fsp3) is 0.466.